The van der Waals surface area contributed by atoms with Gasteiger partial charge in [0.05, 0.1) is 12.9 Å². The molecule has 1 amide bonds. The highest BCUT2D eigenvalue weighted by Gasteiger charge is 2.18. The normalized spacial score (nSPS) is 11.9. The Morgan fingerprint density at radius 1 is 1.32 bits per heavy atom. The van der Waals surface area contributed by atoms with Crippen LogP contribution in [0, 0.1) is 6.92 Å². The Kier molecular flexibility index (Phi) is 6.19. The van der Waals surface area contributed by atoms with Crippen LogP contribution < -0.4 is 14.8 Å². The second-order valence-corrected chi connectivity index (χ2v) is 6.94. The van der Waals surface area contributed by atoms with Crippen LogP contribution in [0.15, 0.2) is 40.0 Å². The van der Waals surface area contributed by atoms with Gasteiger partial charge >= 0.3 is 0 Å². The Labute approximate surface area is 166 Å². The number of methoxy groups -OCH3 is 1. The van der Waals surface area contributed by atoms with E-state index >= 15 is 0 Å². The second-order valence-electron chi connectivity index (χ2n) is 6.00. The summed E-state index contributed by atoms with van der Waals surface area (Å²) in [7, 11) is 3.44. The Morgan fingerprint density at radius 2 is 2.11 bits per heavy atom. The summed E-state index contributed by atoms with van der Waals surface area (Å²) < 4.78 is 17.9. The number of ether oxygens (including phenoxy) is 2. The van der Waals surface area contributed by atoms with Crippen LogP contribution in [-0.2, 0) is 11.8 Å². The van der Waals surface area contributed by atoms with Crippen LogP contribution in [-0.4, -0.2) is 38.7 Å². The van der Waals surface area contributed by atoms with Crippen molar-refractivity contribution in [3.8, 4) is 11.5 Å². The number of hydrogen-bond donors (Lipinski definition) is 1. The van der Waals surface area contributed by atoms with Crippen molar-refractivity contribution in [3.63, 3.8) is 0 Å². The highest BCUT2D eigenvalue weighted by atomic mass is 32.2. The third-order valence-corrected chi connectivity index (χ3v) is 4.83. The standard InChI is InChI=1S/C18H21N5O4S/c1-11-8-15(22-27-11)19-16(24)10-28-18-21-20-17(23(18)3)12(2)26-14-7-5-6-13(9-14)25-4/h5-9,12H,10H2,1-4H3,(H,19,22,24). The molecule has 1 unspecified atom stereocenters. The van der Waals surface area contributed by atoms with Gasteiger partial charge in [0.25, 0.3) is 0 Å². The predicted molar refractivity (Wildman–Crippen MR) is 104 cm³/mol. The molecule has 0 aliphatic carbocycles. The number of aromatic nitrogens is 4. The molecule has 148 valence electrons. The molecule has 3 rings (SSSR count). The van der Waals surface area contributed by atoms with Crippen LogP contribution in [0.25, 0.3) is 0 Å². The summed E-state index contributed by atoms with van der Waals surface area (Å²) in [5.74, 6) is 3.02. The number of hydrogen-bond acceptors (Lipinski definition) is 8. The molecule has 1 aromatic carbocycles. The van der Waals surface area contributed by atoms with Crippen molar-refractivity contribution in [1.29, 1.82) is 0 Å². The largest absolute Gasteiger partial charge is 0.497 e. The molecule has 1 N–H and O–H groups in total. The fourth-order valence-electron chi connectivity index (χ4n) is 2.47. The summed E-state index contributed by atoms with van der Waals surface area (Å²) in [5, 5.41) is 15.4. The number of nitrogens with zero attached hydrogens (tertiary/aromatic N) is 4. The molecule has 2 heterocycles. The number of anilines is 1. The van der Waals surface area contributed by atoms with Crippen molar-refractivity contribution in [2.75, 3.05) is 18.2 Å². The lowest BCUT2D eigenvalue weighted by molar-refractivity contribution is -0.113. The first kappa shape index (κ1) is 19.7. The average molecular weight is 403 g/mol. The van der Waals surface area contributed by atoms with Crippen molar-refractivity contribution in [1.82, 2.24) is 19.9 Å². The summed E-state index contributed by atoms with van der Waals surface area (Å²) in [4.78, 5) is 12.0. The van der Waals surface area contributed by atoms with Crippen molar-refractivity contribution >= 4 is 23.5 Å². The van der Waals surface area contributed by atoms with E-state index < -0.39 is 0 Å². The summed E-state index contributed by atoms with van der Waals surface area (Å²) in [6, 6.07) is 9.01. The predicted octanol–water partition coefficient (Wildman–Crippen LogP) is 2.99. The molecule has 3 aromatic rings. The van der Waals surface area contributed by atoms with Gasteiger partial charge in [-0.3, -0.25) is 4.79 Å². The van der Waals surface area contributed by atoms with Gasteiger partial charge < -0.3 is 23.9 Å². The quantitative estimate of drug-likeness (QED) is 0.573. The van der Waals surface area contributed by atoms with Gasteiger partial charge in [-0.25, -0.2) is 0 Å². The van der Waals surface area contributed by atoms with Gasteiger partial charge in [-0.1, -0.05) is 23.0 Å². The SMILES string of the molecule is COc1cccc(OC(C)c2nnc(SCC(=O)Nc3cc(C)on3)n2C)c1. The maximum Gasteiger partial charge on any atom is 0.236 e. The highest BCUT2D eigenvalue weighted by Crippen LogP contribution is 2.26. The molecule has 0 saturated heterocycles. The lowest BCUT2D eigenvalue weighted by Crippen LogP contribution is -2.15. The van der Waals surface area contributed by atoms with Gasteiger partial charge in [0.2, 0.25) is 5.91 Å². The molecule has 0 saturated carbocycles. The van der Waals surface area contributed by atoms with Crippen molar-refractivity contribution in [2.45, 2.75) is 25.1 Å². The van der Waals surface area contributed by atoms with E-state index in [0.717, 1.165) is 0 Å². The van der Waals surface area contributed by atoms with E-state index in [1.165, 1.54) is 11.8 Å². The summed E-state index contributed by atoms with van der Waals surface area (Å²) >= 11 is 1.28. The van der Waals surface area contributed by atoms with Gasteiger partial charge in [0, 0.05) is 19.2 Å². The Hall–Kier alpha value is -3.01. The molecule has 28 heavy (non-hydrogen) atoms. The summed E-state index contributed by atoms with van der Waals surface area (Å²) in [6.07, 6.45) is -0.328. The van der Waals surface area contributed by atoms with E-state index in [9.17, 15) is 4.79 Å². The van der Waals surface area contributed by atoms with Crippen LogP contribution in [0.1, 0.15) is 24.6 Å². The first-order valence-electron chi connectivity index (χ1n) is 8.52. The molecule has 0 aliphatic rings. The van der Waals surface area contributed by atoms with E-state index in [1.807, 2.05) is 36.7 Å². The molecular weight excluding hydrogens is 382 g/mol. The maximum atomic E-state index is 12.0. The molecule has 0 bridgehead atoms. The number of rotatable bonds is 8. The van der Waals surface area contributed by atoms with Crippen LogP contribution in [0.3, 0.4) is 0 Å². The molecule has 9 nitrogen and oxygen atoms in total. The molecule has 0 radical (unpaired) electrons. The number of aryl methyl sites for hydroxylation is 1. The minimum Gasteiger partial charge on any atom is -0.497 e. The fourth-order valence-corrected chi connectivity index (χ4v) is 3.19. The smallest absolute Gasteiger partial charge is 0.236 e. The number of thioether (sulfide) groups is 1. The van der Waals surface area contributed by atoms with E-state index in [2.05, 4.69) is 20.7 Å². The topological polar surface area (TPSA) is 104 Å². The molecule has 0 spiro atoms. The van der Waals surface area contributed by atoms with Gasteiger partial charge in [0.15, 0.2) is 22.9 Å². The van der Waals surface area contributed by atoms with Crippen LogP contribution in [0.4, 0.5) is 5.82 Å². The van der Waals surface area contributed by atoms with Crippen molar-refractivity contribution in [3.05, 3.63) is 41.9 Å². The van der Waals surface area contributed by atoms with Crippen LogP contribution in [0.5, 0.6) is 11.5 Å². The third-order valence-electron chi connectivity index (χ3n) is 3.81. The van der Waals surface area contributed by atoms with Gasteiger partial charge in [0.1, 0.15) is 17.3 Å². The Balaban J connectivity index is 1.58. The zero-order chi connectivity index (χ0) is 20.1. The fraction of sp³-hybridized carbons (Fsp3) is 0.333. The number of carbonyl (C=O) groups is 1. The molecule has 2 aromatic heterocycles. The lowest BCUT2D eigenvalue weighted by Gasteiger charge is -2.14. The minimum atomic E-state index is -0.328. The molecule has 0 fully saturated rings. The Bertz CT molecular complexity index is 955. The first-order chi connectivity index (χ1) is 13.5. The van der Waals surface area contributed by atoms with Gasteiger partial charge in [-0.05, 0) is 26.0 Å². The van der Waals surface area contributed by atoms with Crippen molar-refractivity contribution in [2.24, 2.45) is 7.05 Å². The Morgan fingerprint density at radius 3 is 2.82 bits per heavy atom. The lowest BCUT2D eigenvalue weighted by atomic mass is 10.3. The molecule has 0 aliphatic heterocycles. The molecule has 10 heteroatoms. The minimum absolute atomic E-state index is 0.170. The average Bonchev–Trinajstić information content (AvgIpc) is 3.25. The molecule has 1 atom stereocenters. The zero-order valence-corrected chi connectivity index (χ0v) is 16.8. The van der Waals surface area contributed by atoms with Gasteiger partial charge in [-0.15, -0.1) is 10.2 Å². The van der Waals surface area contributed by atoms with Crippen molar-refractivity contribution < 1.29 is 18.8 Å². The number of carbonyl (C=O) groups excluding carboxylic acids is 1. The van der Waals surface area contributed by atoms with Crippen LogP contribution in [0.2, 0.25) is 0 Å². The van der Waals surface area contributed by atoms with E-state index in [4.69, 9.17) is 14.0 Å². The van der Waals surface area contributed by atoms with E-state index in [0.29, 0.717) is 34.1 Å². The molecular formula is C18H21N5O4S. The first-order valence-corrected chi connectivity index (χ1v) is 9.50. The zero-order valence-electron chi connectivity index (χ0n) is 16.0. The number of nitrogens with one attached hydrogen (secondary N) is 1. The summed E-state index contributed by atoms with van der Waals surface area (Å²) in [6.45, 7) is 3.64. The monoisotopic (exact) mass is 403 g/mol. The summed E-state index contributed by atoms with van der Waals surface area (Å²) in [5.41, 5.74) is 0. The highest BCUT2D eigenvalue weighted by molar-refractivity contribution is 7.99. The maximum absolute atomic E-state index is 12.0. The second kappa shape index (κ2) is 8.79. The van der Waals surface area contributed by atoms with Crippen LogP contribution >= 0.6 is 11.8 Å². The van der Waals surface area contributed by atoms with Gasteiger partial charge in [-0.2, -0.15) is 0 Å². The van der Waals surface area contributed by atoms with E-state index in [1.54, 1.807) is 26.2 Å². The third kappa shape index (κ3) is 4.83. The number of amides is 1. The van der Waals surface area contributed by atoms with E-state index in [-0.39, 0.29) is 17.8 Å². The number of benzene rings is 1.